The number of nitrogens with one attached hydrogen (secondary N) is 1. The Bertz CT molecular complexity index is 233. The minimum atomic E-state index is -0.998. The molecule has 0 aliphatic heterocycles. The average Bonchev–Trinajstić information content (AvgIpc) is 2.24. The lowest BCUT2D eigenvalue weighted by molar-refractivity contribution is -0.137. The highest BCUT2D eigenvalue weighted by Crippen LogP contribution is 1.89. The summed E-state index contributed by atoms with van der Waals surface area (Å²) < 4.78 is 0. The summed E-state index contributed by atoms with van der Waals surface area (Å²) in [7, 11) is 1.96. The zero-order chi connectivity index (χ0) is 12.6. The van der Waals surface area contributed by atoms with Gasteiger partial charge in [0.05, 0.1) is 0 Å². The second-order valence-electron chi connectivity index (χ2n) is 3.54. The number of rotatable bonds is 7. The number of carboxylic acids is 1. The third kappa shape index (κ3) is 6.23. The Morgan fingerprint density at radius 2 is 1.88 bits per heavy atom. The Morgan fingerprint density at radius 3 is 2.31 bits per heavy atom. The zero-order valence-electron chi connectivity index (χ0n) is 10.2. The maximum absolute atomic E-state index is 11.5. The van der Waals surface area contributed by atoms with Gasteiger partial charge in [0.2, 0.25) is 0 Å². The van der Waals surface area contributed by atoms with Crippen LogP contribution in [0.1, 0.15) is 13.8 Å². The molecule has 0 aromatic carbocycles. The van der Waals surface area contributed by atoms with Crippen molar-refractivity contribution < 1.29 is 14.7 Å². The maximum atomic E-state index is 11.5. The molecule has 16 heavy (non-hydrogen) atoms. The zero-order valence-corrected chi connectivity index (χ0v) is 10.2. The van der Waals surface area contributed by atoms with Crippen LogP contribution in [0.25, 0.3) is 0 Å². The molecule has 0 aliphatic carbocycles. The highest BCUT2D eigenvalue weighted by Gasteiger charge is 2.13. The fourth-order valence-electron chi connectivity index (χ4n) is 1.11. The molecular formula is C10H21N3O3. The van der Waals surface area contributed by atoms with Crippen molar-refractivity contribution >= 4 is 12.0 Å². The first-order chi connectivity index (χ1) is 7.51. The minimum Gasteiger partial charge on any atom is -0.480 e. The van der Waals surface area contributed by atoms with Crippen LogP contribution in [-0.4, -0.2) is 66.7 Å². The SMILES string of the molecule is CCN(C)CCNC(=O)N(CC)CC(=O)O. The molecular weight excluding hydrogens is 210 g/mol. The van der Waals surface area contributed by atoms with Gasteiger partial charge >= 0.3 is 12.0 Å². The molecule has 0 heterocycles. The van der Waals surface area contributed by atoms with Gasteiger partial charge in [-0.15, -0.1) is 0 Å². The van der Waals surface area contributed by atoms with Gasteiger partial charge in [-0.2, -0.15) is 0 Å². The van der Waals surface area contributed by atoms with Gasteiger partial charge in [-0.3, -0.25) is 4.79 Å². The van der Waals surface area contributed by atoms with Crippen LogP contribution in [0.5, 0.6) is 0 Å². The van der Waals surface area contributed by atoms with Crippen LogP contribution in [0.15, 0.2) is 0 Å². The van der Waals surface area contributed by atoms with Crippen LogP contribution >= 0.6 is 0 Å². The normalized spacial score (nSPS) is 10.2. The summed E-state index contributed by atoms with van der Waals surface area (Å²) in [6.07, 6.45) is 0. The van der Waals surface area contributed by atoms with Gasteiger partial charge in [-0.1, -0.05) is 6.92 Å². The van der Waals surface area contributed by atoms with E-state index in [4.69, 9.17) is 5.11 Å². The van der Waals surface area contributed by atoms with Gasteiger partial charge in [0.15, 0.2) is 0 Å². The molecule has 6 heteroatoms. The number of nitrogens with zero attached hydrogens (tertiary/aromatic N) is 2. The lowest BCUT2D eigenvalue weighted by atomic mass is 10.5. The van der Waals surface area contributed by atoms with Gasteiger partial charge in [0.1, 0.15) is 6.54 Å². The summed E-state index contributed by atoms with van der Waals surface area (Å²) in [6, 6.07) is -0.325. The van der Waals surface area contributed by atoms with Crippen molar-refractivity contribution in [2.45, 2.75) is 13.8 Å². The third-order valence-electron chi connectivity index (χ3n) is 2.30. The molecule has 94 valence electrons. The van der Waals surface area contributed by atoms with Crippen LogP contribution < -0.4 is 5.32 Å². The molecule has 0 atom stereocenters. The quantitative estimate of drug-likeness (QED) is 0.649. The monoisotopic (exact) mass is 231 g/mol. The Balaban J connectivity index is 3.88. The van der Waals surface area contributed by atoms with E-state index < -0.39 is 5.97 Å². The number of carbonyl (C=O) groups is 2. The molecule has 0 aromatic rings. The summed E-state index contributed by atoms with van der Waals surface area (Å²) >= 11 is 0. The predicted molar refractivity (Wildman–Crippen MR) is 61.5 cm³/mol. The summed E-state index contributed by atoms with van der Waals surface area (Å²) in [5.74, 6) is -0.998. The second-order valence-corrected chi connectivity index (χ2v) is 3.54. The van der Waals surface area contributed by atoms with Crippen LogP contribution in [0, 0.1) is 0 Å². The Morgan fingerprint density at radius 1 is 1.25 bits per heavy atom. The van der Waals surface area contributed by atoms with E-state index >= 15 is 0 Å². The van der Waals surface area contributed by atoms with E-state index in [1.807, 2.05) is 14.0 Å². The molecule has 0 spiro atoms. The average molecular weight is 231 g/mol. The lowest BCUT2D eigenvalue weighted by Crippen LogP contribution is -2.44. The Hall–Kier alpha value is -1.30. The van der Waals surface area contributed by atoms with Gasteiger partial charge in [-0.05, 0) is 20.5 Å². The number of urea groups is 1. The first-order valence-corrected chi connectivity index (χ1v) is 5.44. The van der Waals surface area contributed by atoms with Crippen molar-refractivity contribution in [1.29, 1.82) is 0 Å². The van der Waals surface area contributed by atoms with E-state index in [1.54, 1.807) is 6.92 Å². The third-order valence-corrected chi connectivity index (χ3v) is 2.30. The second kappa shape index (κ2) is 7.92. The number of aliphatic carboxylic acids is 1. The smallest absolute Gasteiger partial charge is 0.323 e. The highest BCUT2D eigenvalue weighted by molar-refractivity contribution is 5.79. The first-order valence-electron chi connectivity index (χ1n) is 5.44. The molecule has 0 bridgehead atoms. The van der Waals surface area contributed by atoms with Crippen molar-refractivity contribution in [3.63, 3.8) is 0 Å². The predicted octanol–water partition coefficient (Wildman–Crippen LogP) is 0.0542. The van der Waals surface area contributed by atoms with Crippen LogP contribution in [0.4, 0.5) is 4.79 Å². The van der Waals surface area contributed by atoms with E-state index in [-0.39, 0.29) is 12.6 Å². The number of hydrogen-bond donors (Lipinski definition) is 2. The number of likely N-dealkylation sites (N-methyl/N-ethyl adjacent to an activating group) is 2. The molecule has 0 fully saturated rings. The van der Waals surface area contributed by atoms with Crippen molar-refractivity contribution in [2.24, 2.45) is 0 Å². The number of amides is 2. The van der Waals surface area contributed by atoms with Crippen LogP contribution in [0.2, 0.25) is 0 Å². The van der Waals surface area contributed by atoms with Crippen molar-refractivity contribution in [3.05, 3.63) is 0 Å². The summed E-state index contributed by atoms with van der Waals surface area (Å²) in [5.41, 5.74) is 0. The Kier molecular flexibility index (Phi) is 7.28. The first kappa shape index (κ1) is 14.7. The summed E-state index contributed by atoms with van der Waals surface area (Å²) in [6.45, 7) is 6.12. The molecule has 6 nitrogen and oxygen atoms in total. The number of carboxylic acid groups (broad SMARTS) is 1. The standard InChI is InChI=1S/C10H21N3O3/c1-4-12(3)7-6-11-10(16)13(5-2)8-9(14)15/h4-8H2,1-3H3,(H,11,16)(H,14,15). The van der Waals surface area contributed by atoms with Gasteiger partial charge < -0.3 is 20.2 Å². The fraction of sp³-hybridized carbons (Fsp3) is 0.800. The van der Waals surface area contributed by atoms with E-state index in [1.165, 1.54) is 4.90 Å². The number of hydrogen-bond acceptors (Lipinski definition) is 3. The molecule has 0 aromatic heterocycles. The van der Waals surface area contributed by atoms with Crippen molar-refractivity contribution in [1.82, 2.24) is 15.1 Å². The van der Waals surface area contributed by atoms with Crippen molar-refractivity contribution in [3.8, 4) is 0 Å². The molecule has 0 saturated carbocycles. The highest BCUT2D eigenvalue weighted by atomic mass is 16.4. The summed E-state index contributed by atoms with van der Waals surface area (Å²) in [5, 5.41) is 11.3. The fourth-order valence-corrected chi connectivity index (χ4v) is 1.11. The van der Waals surface area contributed by atoms with E-state index in [0.717, 1.165) is 13.1 Å². The molecule has 2 N–H and O–H groups in total. The van der Waals surface area contributed by atoms with Gasteiger partial charge in [0, 0.05) is 19.6 Å². The molecule has 0 aliphatic rings. The molecule has 0 saturated heterocycles. The van der Waals surface area contributed by atoms with Gasteiger partial charge in [-0.25, -0.2) is 4.79 Å². The van der Waals surface area contributed by atoms with E-state index in [9.17, 15) is 9.59 Å². The topological polar surface area (TPSA) is 72.9 Å². The van der Waals surface area contributed by atoms with E-state index in [2.05, 4.69) is 10.2 Å². The molecule has 2 amide bonds. The van der Waals surface area contributed by atoms with Crippen LogP contribution in [0.3, 0.4) is 0 Å². The lowest BCUT2D eigenvalue weighted by Gasteiger charge is -2.20. The number of carbonyl (C=O) groups excluding carboxylic acids is 1. The minimum absolute atomic E-state index is 0.258. The van der Waals surface area contributed by atoms with Crippen LogP contribution in [-0.2, 0) is 4.79 Å². The molecule has 0 radical (unpaired) electrons. The molecule has 0 rings (SSSR count). The maximum Gasteiger partial charge on any atom is 0.323 e. The van der Waals surface area contributed by atoms with Gasteiger partial charge in [0.25, 0.3) is 0 Å². The van der Waals surface area contributed by atoms with Crippen molar-refractivity contribution in [2.75, 3.05) is 39.8 Å². The van der Waals surface area contributed by atoms with E-state index in [0.29, 0.717) is 13.1 Å². The molecule has 0 unspecified atom stereocenters. The largest absolute Gasteiger partial charge is 0.480 e. The summed E-state index contributed by atoms with van der Waals surface area (Å²) in [4.78, 5) is 25.3. The Labute approximate surface area is 96.2 Å².